The SMILES string of the molecule is NCCC[C@@H](C(=O)O)N(CCC(=O)NCc1ccccc1)CCC(=O)NCc1ccccc1. The Kier molecular flexibility index (Phi) is 11.6. The molecule has 0 saturated carbocycles. The highest BCUT2D eigenvalue weighted by Crippen LogP contribution is 2.10. The molecule has 0 aliphatic rings. The highest BCUT2D eigenvalue weighted by molar-refractivity contribution is 5.77. The van der Waals surface area contributed by atoms with E-state index >= 15 is 0 Å². The number of carboxylic acid groups (broad SMARTS) is 1. The molecule has 178 valence electrons. The molecule has 2 amide bonds. The van der Waals surface area contributed by atoms with Crippen molar-refractivity contribution in [2.45, 2.75) is 44.8 Å². The Morgan fingerprint density at radius 1 is 0.818 bits per heavy atom. The maximum absolute atomic E-state index is 12.3. The van der Waals surface area contributed by atoms with Crippen molar-refractivity contribution in [2.75, 3.05) is 19.6 Å². The summed E-state index contributed by atoms with van der Waals surface area (Å²) in [5, 5.41) is 15.4. The number of amides is 2. The van der Waals surface area contributed by atoms with Gasteiger partial charge in [-0.15, -0.1) is 0 Å². The monoisotopic (exact) mass is 454 g/mol. The lowest BCUT2D eigenvalue weighted by Gasteiger charge is -2.28. The van der Waals surface area contributed by atoms with Crippen LogP contribution in [0.15, 0.2) is 60.7 Å². The summed E-state index contributed by atoms with van der Waals surface area (Å²) in [6.45, 7) is 1.70. The largest absolute Gasteiger partial charge is 0.480 e. The quantitative estimate of drug-likeness (QED) is 0.326. The van der Waals surface area contributed by atoms with Gasteiger partial charge in [0.05, 0.1) is 0 Å². The first-order valence-electron chi connectivity index (χ1n) is 11.3. The van der Waals surface area contributed by atoms with Crippen LogP contribution >= 0.6 is 0 Å². The zero-order valence-electron chi connectivity index (χ0n) is 18.9. The second kappa shape index (κ2) is 14.8. The molecular formula is C25H34N4O4. The molecule has 2 aromatic carbocycles. The Balaban J connectivity index is 1.88. The first-order chi connectivity index (χ1) is 16.0. The van der Waals surface area contributed by atoms with Gasteiger partial charge in [-0.1, -0.05) is 60.7 Å². The van der Waals surface area contributed by atoms with Gasteiger partial charge in [-0.25, -0.2) is 0 Å². The van der Waals surface area contributed by atoms with Crippen LogP contribution in [0.25, 0.3) is 0 Å². The molecule has 33 heavy (non-hydrogen) atoms. The number of nitrogens with zero attached hydrogens (tertiary/aromatic N) is 1. The minimum Gasteiger partial charge on any atom is -0.480 e. The predicted octanol–water partition coefficient (Wildman–Crippen LogP) is 1.89. The third kappa shape index (κ3) is 10.3. The number of carboxylic acids is 1. The van der Waals surface area contributed by atoms with E-state index in [9.17, 15) is 19.5 Å². The van der Waals surface area contributed by atoms with E-state index < -0.39 is 12.0 Å². The van der Waals surface area contributed by atoms with Gasteiger partial charge in [-0.2, -0.15) is 0 Å². The number of carbonyl (C=O) groups excluding carboxylic acids is 2. The van der Waals surface area contributed by atoms with Gasteiger partial charge in [0.25, 0.3) is 0 Å². The fourth-order valence-corrected chi connectivity index (χ4v) is 3.46. The summed E-state index contributed by atoms with van der Waals surface area (Å²) in [5.41, 5.74) is 7.55. The van der Waals surface area contributed by atoms with Crippen LogP contribution in [0.5, 0.6) is 0 Å². The van der Waals surface area contributed by atoms with Crippen LogP contribution in [0, 0.1) is 0 Å². The van der Waals surface area contributed by atoms with E-state index in [4.69, 9.17) is 5.73 Å². The van der Waals surface area contributed by atoms with Crippen LogP contribution in [0.2, 0.25) is 0 Å². The number of nitrogens with two attached hydrogens (primary N) is 1. The molecule has 2 aromatic rings. The topological polar surface area (TPSA) is 125 Å². The molecule has 8 nitrogen and oxygen atoms in total. The van der Waals surface area contributed by atoms with Crippen molar-refractivity contribution in [3.05, 3.63) is 71.8 Å². The van der Waals surface area contributed by atoms with Gasteiger partial charge in [0.1, 0.15) is 6.04 Å². The lowest BCUT2D eigenvalue weighted by molar-refractivity contribution is -0.144. The fraction of sp³-hybridized carbons (Fsp3) is 0.400. The van der Waals surface area contributed by atoms with E-state index in [1.807, 2.05) is 60.7 Å². The standard InChI is InChI=1S/C25H34N4O4/c26-15-7-12-22(25(32)33)29(16-13-23(30)27-18-20-8-3-1-4-9-20)17-14-24(31)28-19-21-10-5-2-6-11-21/h1-6,8-11,22H,7,12-19,26H2,(H,27,30)(H,28,31)(H,32,33)/t22-/m0/s1. The lowest BCUT2D eigenvalue weighted by atomic mass is 10.1. The second-order valence-corrected chi connectivity index (χ2v) is 7.85. The molecular weight excluding hydrogens is 420 g/mol. The molecule has 8 heteroatoms. The van der Waals surface area contributed by atoms with E-state index in [1.54, 1.807) is 4.90 Å². The van der Waals surface area contributed by atoms with Gasteiger partial charge in [-0.3, -0.25) is 19.3 Å². The summed E-state index contributed by atoms with van der Waals surface area (Å²) in [7, 11) is 0. The Bertz CT molecular complexity index is 802. The van der Waals surface area contributed by atoms with Crippen LogP contribution < -0.4 is 16.4 Å². The van der Waals surface area contributed by atoms with E-state index in [0.717, 1.165) is 11.1 Å². The first-order valence-corrected chi connectivity index (χ1v) is 11.3. The molecule has 0 radical (unpaired) electrons. The van der Waals surface area contributed by atoms with Crippen molar-refractivity contribution >= 4 is 17.8 Å². The number of carbonyl (C=O) groups is 3. The summed E-state index contributed by atoms with van der Waals surface area (Å²) in [6.07, 6.45) is 1.20. The molecule has 0 heterocycles. The smallest absolute Gasteiger partial charge is 0.320 e. The Morgan fingerprint density at radius 2 is 1.27 bits per heavy atom. The third-order valence-electron chi connectivity index (χ3n) is 5.32. The first kappa shape index (κ1) is 26.0. The van der Waals surface area contributed by atoms with E-state index in [1.165, 1.54) is 0 Å². The molecule has 0 saturated heterocycles. The van der Waals surface area contributed by atoms with Crippen LogP contribution in [-0.4, -0.2) is 53.5 Å². The van der Waals surface area contributed by atoms with Gasteiger partial charge in [0.2, 0.25) is 11.8 Å². The summed E-state index contributed by atoms with van der Waals surface area (Å²) in [5.74, 6) is -1.31. The normalized spacial score (nSPS) is 11.7. The Labute approximate surface area is 195 Å². The number of aliphatic carboxylic acids is 1. The predicted molar refractivity (Wildman–Crippen MR) is 127 cm³/mol. The average Bonchev–Trinajstić information content (AvgIpc) is 2.83. The molecule has 5 N–H and O–H groups in total. The zero-order chi connectivity index (χ0) is 23.9. The fourth-order valence-electron chi connectivity index (χ4n) is 3.46. The Hall–Kier alpha value is -3.23. The number of hydrogen-bond donors (Lipinski definition) is 4. The van der Waals surface area contributed by atoms with Crippen LogP contribution in [-0.2, 0) is 27.5 Å². The van der Waals surface area contributed by atoms with Crippen LogP contribution in [0.1, 0.15) is 36.8 Å². The highest BCUT2D eigenvalue weighted by Gasteiger charge is 2.26. The van der Waals surface area contributed by atoms with Crippen LogP contribution in [0.3, 0.4) is 0 Å². The zero-order valence-corrected chi connectivity index (χ0v) is 18.9. The lowest BCUT2D eigenvalue weighted by Crippen LogP contribution is -2.45. The molecule has 0 spiro atoms. The number of hydrogen-bond acceptors (Lipinski definition) is 5. The number of rotatable bonds is 15. The van der Waals surface area contributed by atoms with Gasteiger partial charge in [0, 0.05) is 39.0 Å². The minimum absolute atomic E-state index is 0.144. The van der Waals surface area contributed by atoms with Crippen molar-refractivity contribution in [1.82, 2.24) is 15.5 Å². The summed E-state index contributed by atoms with van der Waals surface area (Å²) >= 11 is 0. The van der Waals surface area contributed by atoms with Crippen molar-refractivity contribution in [2.24, 2.45) is 5.73 Å². The summed E-state index contributed by atoms with van der Waals surface area (Å²) < 4.78 is 0. The molecule has 0 aliphatic heterocycles. The molecule has 0 unspecified atom stereocenters. The molecule has 2 rings (SSSR count). The van der Waals surface area contributed by atoms with Crippen molar-refractivity contribution < 1.29 is 19.5 Å². The van der Waals surface area contributed by atoms with Gasteiger partial charge in [-0.05, 0) is 30.5 Å². The van der Waals surface area contributed by atoms with Gasteiger partial charge >= 0.3 is 5.97 Å². The van der Waals surface area contributed by atoms with Crippen LogP contribution in [0.4, 0.5) is 0 Å². The highest BCUT2D eigenvalue weighted by atomic mass is 16.4. The molecule has 0 fully saturated rings. The van der Waals surface area contributed by atoms with Crippen molar-refractivity contribution in [3.63, 3.8) is 0 Å². The maximum atomic E-state index is 12.3. The molecule has 0 bridgehead atoms. The van der Waals surface area contributed by atoms with E-state index in [-0.39, 0.29) is 37.7 Å². The molecule has 0 aliphatic carbocycles. The number of nitrogens with one attached hydrogen (secondary N) is 2. The summed E-state index contributed by atoms with van der Waals surface area (Å²) in [4.78, 5) is 38.3. The maximum Gasteiger partial charge on any atom is 0.320 e. The molecule has 1 atom stereocenters. The van der Waals surface area contributed by atoms with E-state index in [2.05, 4.69) is 10.6 Å². The van der Waals surface area contributed by atoms with Crippen molar-refractivity contribution in [3.8, 4) is 0 Å². The second-order valence-electron chi connectivity index (χ2n) is 7.85. The van der Waals surface area contributed by atoms with Gasteiger partial charge < -0.3 is 21.5 Å². The third-order valence-corrected chi connectivity index (χ3v) is 5.32. The van der Waals surface area contributed by atoms with Crippen molar-refractivity contribution in [1.29, 1.82) is 0 Å². The molecule has 0 aromatic heterocycles. The van der Waals surface area contributed by atoms with E-state index in [0.29, 0.717) is 32.5 Å². The van der Waals surface area contributed by atoms with Gasteiger partial charge in [0.15, 0.2) is 0 Å². The summed E-state index contributed by atoms with van der Waals surface area (Å²) in [6, 6.07) is 18.3. The average molecular weight is 455 g/mol. The Morgan fingerprint density at radius 3 is 1.67 bits per heavy atom. The minimum atomic E-state index is -0.974. The number of benzene rings is 2.